The van der Waals surface area contributed by atoms with E-state index in [1.54, 1.807) is 31.2 Å². The lowest BCUT2D eigenvalue weighted by molar-refractivity contribution is 0.0549. The number of halogens is 1. The lowest BCUT2D eigenvalue weighted by atomic mass is 10.1. The Morgan fingerprint density at radius 2 is 2.19 bits per heavy atom. The summed E-state index contributed by atoms with van der Waals surface area (Å²) in [6.45, 7) is 5.55. The minimum Gasteiger partial charge on any atom is -0.458 e. The van der Waals surface area contributed by atoms with E-state index in [1.165, 1.54) is 0 Å². The first-order valence-corrected chi connectivity index (χ1v) is 5.24. The monoisotopic (exact) mass is 236 g/mol. The van der Waals surface area contributed by atoms with Crippen LogP contribution in [0, 0.1) is 0 Å². The number of carbonyl (C=O) groups is 1. The first-order chi connectivity index (χ1) is 7.65. The molecule has 0 radical (unpaired) electrons. The number of esters is 1. The highest BCUT2D eigenvalue weighted by Crippen LogP contribution is 2.11. The number of ether oxygens (including phenoxy) is 1. The third-order valence-corrected chi connectivity index (χ3v) is 2.13. The standard InChI is InChI=1S/C13H13ClO2/c1-3-11-6-4-5-7-12(11)13(15)16-9-8-10(2)14/h3-8H,1,9H2,2H3. The summed E-state index contributed by atoms with van der Waals surface area (Å²) in [6, 6.07) is 7.14. The van der Waals surface area contributed by atoms with Crippen molar-refractivity contribution in [3.8, 4) is 0 Å². The summed E-state index contributed by atoms with van der Waals surface area (Å²) in [7, 11) is 0. The van der Waals surface area contributed by atoms with E-state index < -0.39 is 0 Å². The molecule has 1 rings (SSSR count). The van der Waals surface area contributed by atoms with Gasteiger partial charge in [0.05, 0.1) is 5.56 Å². The molecule has 0 aliphatic heterocycles. The normalized spacial score (nSPS) is 11.0. The van der Waals surface area contributed by atoms with Gasteiger partial charge in [-0.05, 0) is 24.6 Å². The third kappa shape index (κ3) is 3.55. The molecule has 0 spiro atoms. The summed E-state index contributed by atoms with van der Waals surface area (Å²) >= 11 is 5.62. The molecule has 3 heteroatoms. The van der Waals surface area contributed by atoms with Gasteiger partial charge in [0.2, 0.25) is 0 Å². The molecular weight excluding hydrogens is 224 g/mol. The van der Waals surface area contributed by atoms with Crippen molar-refractivity contribution in [2.75, 3.05) is 6.61 Å². The fourth-order valence-electron chi connectivity index (χ4n) is 1.17. The van der Waals surface area contributed by atoms with Gasteiger partial charge >= 0.3 is 5.97 Å². The van der Waals surface area contributed by atoms with E-state index in [0.29, 0.717) is 10.6 Å². The average Bonchev–Trinajstić information content (AvgIpc) is 2.28. The van der Waals surface area contributed by atoms with Gasteiger partial charge in [-0.15, -0.1) is 0 Å². The number of benzene rings is 1. The molecule has 2 nitrogen and oxygen atoms in total. The lowest BCUT2D eigenvalue weighted by Crippen LogP contribution is -2.06. The molecule has 0 unspecified atom stereocenters. The van der Waals surface area contributed by atoms with E-state index in [9.17, 15) is 4.79 Å². The Kier molecular flexibility index (Phi) is 4.80. The van der Waals surface area contributed by atoms with Crippen molar-refractivity contribution < 1.29 is 9.53 Å². The zero-order valence-electron chi connectivity index (χ0n) is 9.07. The van der Waals surface area contributed by atoms with Crippen LogP contribution in [0.1, 0.15) is 22.8 Å². The summed E-state index contributed by atoms with van der Waals surface area (Å²) in [4.78, 5) is 11.7. The van der Waals surface area contributed by atoms with Crippen LogP contribution in [0.25, 0.3) is 6.08 Å². The van der Waals surface area contributed by atoms with Gasteiger partial charge in [-0.3, -0.25) is 0 Å². The topological polar surface area (TPSA) is 26.3 Å². The van der Waals surface area contributed by atoms with Crippen LogP contribution in [0.5, 0.6) is 0 Å². The second-order valence-electron chi connectivity index (χ2n) is 3.18. The maximum absolute atomic E-state index is 11.7. The molecule has 84 valence electrons. The molecular formula is C13H13ClO2. The van der Waals surface area contributed by atoms with Crippen LogP contribution in [0.4, 0.5) is 0 Å². The summed E-state index contributed by atoms with van der Waals surface area (Å²) < 4.78 is 5.03. The predicted octanol–water partition coefficient (Wildman–Crippen LogP) is 3.63. The van der Waals surface area contributed by atoms with E-state index in [2.05, 4.69) is 6.58 Å². The van der Waals surface area contributed by atoms with Crippen LogP contribution < -0.4 is 0 Å². The minimum atomic E-state index is -0.371. The van der Waals surface area contributed by atoms with Crippen molar-refractivity contribution in [1.29, 1.82) is 0 Å². The van der Waals surface area contributed by atoms with Crippen molar-refractivity contribution in [3.63, 3.8) is 0 Å². The second-order valence-corrected chi connectivity index (χ2v) is 3.78. The van der Waals surface area contributed by atoms with E-state index in [1.807, 2.05) is 12.1 Å². The number of hydrogen-bond donors (Lipinski definition) is 0. The van der Waals surface area contributed by atoms with Gasteiger partial charge in [-0.1, -0.05) is 42.5 Å². The third-order valence-electron chi connectivity index (χ3n) is 1.98. The zero-order valence-corrected chi connectivity index (χ0v) is 9.83. The molecule has 0 saturated heterocycles. The first-order valence-electron chi connectivity index (χ1n) is 4.86. The molecule has 0 aliphatic rings. The molecule has 1 aromatic rings. The maximum atomic E-state index is 11.7. The van der Waals surface area contributed by atoms with Gasteiger partial charge in [0.25, 0.3) is 0 Å². The number of hydrogen-bond acceptors (Lipinski definition) is 2. The van der Waals surface area contributed by atoms with Gasteiger partial charge in [0.1, 0.15) is 6.61 Å². The molecule has 0 saturated carbocycles. The van der Waals surface area contributed by atoms with E-state index >= 15 is 0 Å². The quantitative estimate of drug-likeness (QED) is 0.747. The van der Waals surface area contributed by atoms with Crippen LogP contribution in [0.15, 0.2) is 42.0 Å². The highest BCUT2D eigenvalue weighted by atomic mass is 35.5. The van der Waals surface area contributed by atoms with E-state index in [-0.39, 0.29) is 12.6 Å². The maximum Gasteiger partial charge on any atom is 0.339 e. The van der Waals surface area contributed by atoms with Gasteiger partial charge in [-0.25, -0.2) is 4.79 Å². The Balaban J connectivity index is 2.73. The van der Waals surface area contributed by atoms with Crippen molar-refractivity contribution in [1.82, 2.24) is 0 Å². The molecule has 0 aromatic heterocycles. The Labute approximate surface area is 100 Å². The van der Waals surface area contributed by atoms with E-state index in [4.69, 9.17) is 16.3 Å². The summed E-state index contributed by atoms with van der Waals surface area (Å²) in [5, 5.41) is 0.602. The fraction of sp³-hybridized carbons (Fsp3) is 0.154. The van der Waals surface area contributed by atoms with Crippen LogP contribution in [0.2, 0.25) is 0 Å². The van der Waals surface area contributed by atoms with Crippen molar-refractivity contribution in [2.24, 2.45) is 0 Å². The van der Waals surface area contributed by atoms with Crippen LogP contribution >= 0.6 is 11.6 Å². The molecule has 0 atom stereocenters. The fourth-order valence-corrected chi connectivity index (χ4v) is 1.23. The molecule has 0 heterocycles. The van der Waals surface area contributed by atoms with Gasteiger partial charge in [-0.2, -0.15) is 0 Å². The number of carbonyl (C=O) groups excluding carboxylic acids is 1. The second kappa shape index (κ2) is 6.13. The summed E-state index contributed by atoms with van der Waals surface area (Å²) in [5.74, 6) is -0.371. The Morgan fingerprint density at radius 3 is 2.81 bits per heavy atom. The molecule has 0 bridgehead atoms. The van der Waals surface area contributed by atoms with Crippen molar-refractivity contribution >= 4 is 23.6 Å². The molecule has 0 amide bonds. The minimum absolute atomic E-state index is 0.180. The van der Waals surface area contributed by atoms with Gasteiger partial charge < -0.3 is 4.74 Å². The van der Waals surface area contributed by atoms with Crippen LogP contribution in [0.3, 0.4) is 0 Å². The van der Waals surface area contributed by atoms with Crippen molar-refractivity contribution in [3.05, 3.63) is 53.1 Å². The first kappa shape index (κ1) is 12.5. The highest BCUT2D eigenvalue weighted by Gasteiger charge is 2.09. The highest BCUT2D eigenvalue weighted by molar-refractivity contribution is 6.29. The largest absolute Gasteiger partial charge is 0.458 e. The van der Waals surface area contributed by atoms with Crippen LogP contribution in [-0.2, 0) is 4.74 Å². The average molecular weight is 237 g/mol. The Hall–Kier alpha value is -1.54. The lowest BCUT2D eigenvalue weighted by Gasteiger charge is -2.05. The zero-order chi connectivity index (χ0) is 12.0. The van der Waals surface area contributed by atoms with Crippen molar-refractivity contribution in [2.45, 2.75) is 6.92 Å². The SMILES string of the molecule is C=Cc1ccccc1C(=O)OCC=C(C)Cl. The van der Waals surface area contributed by atoms with Crippen LogP contribution in [-0.4, -0.2) is 12.6 Å². The molecule has 1 aromatic carbocycles. The Bertz CT molecular complexity index is 418. The number of rotatable bonds is 4. The van der Waals surface area contributed by atoms with E-state index in [0.717, 1.165) is 5.56 Å². The molecule has 0 N–H and O–H groups in total. The molecule has 16 heavy (non-hydrogen) atoms. The summed E-state index contributed by atoms with van der Waals surface area (Å²) in [6.07, 6.45) is 3.26. The predicted molar refractivity (Wildman–Crippen MR) is 66.4 cm³/mol. The Morgan fingerprint density at radius 1 is 1.50 bits per heavy atom. The molecule has 0 fully saturated rings. The number of allylic oxidation sites excluding steroid dienone is 1. The summed E-state index contributed by atoms with van der Waals surface area (Å²) in [5.41, 5.74) is 1.28. The smallest absolute Gasteiger partial charge is 0.339 e. The van der Waals surface area contributed by atoms with Gasteiger partial charge in [0, 0.05) is 5.03 Å². The molecule has 0 aliphatic carbocycles. The van der Waals surface area contributed by atoms with Gasteiger partial charge in [0.15, 0.2) is 0 Å².